The van der Waals surface area contributed by atoms with E-state index in [1.807, 2.05) is 0 Å². The van der Waals surface area contributed by atoms with Gasteiger partial charge in [0.15, 0.2) is 16.7 Å². The molecule has 3 rings (SSSR count). The second-order valence-corrected chi connectivity index (χ2v) is 9.37. The third kappa shape index (κ3) is 6.11. The average molecular weight is 487 g/mol. The van der Waals surface area contributed by atoms with Gasteiger partial charge in [-0.3, -0.25) is 9.59 Å². The molecule has 1 aliphatic heterocycles. The standard InChI is InChI=1S/C23H22N2O6S2/c1-4-9-17-12-16(14-20-22(27)25-23(32-20)24-15(3)26)13-19(30-5-2)21(17)31-33(28,29)18-10-7-6-8-11-18/h4,6-8,10-14H,1,5,9H2,2-3H3,(H,24,25,26,27)/b20-14+. The first-order valence-corrected chi connectivity index (χ1v) is 12.2. The molecule has 0 aromatic heterocycles. The predicted octanol–water partition coefficient (Wildman–Crippen LogP) is 3.69. The summed E-state index contributed by atoms with van der Waals surface area (Å²) in [5.41, 5.74) is 1.09. The maximum Gasteiger partial charge on any atom is 0.339 e. The van der Waals surface area contributed by atoms with E-state index >= 15 is 0 Å². The lowest BCUT2D eigenvalue weighted by Crippen LogP contribution is -2.23. The lowest BCUT2D eigenvalue weighted by atomic mass is 10.1. The molecule has 10 heteroatoms. The van der Waals surface area contributed by atoms with Crippen LogP contribution in [-0.4, -0.2) is 32.0 Å². The Morgan fingerprint density at radius 1 is 1.24 bits per heavy atom. The highest BCUT2D eigenvalue weighted by molar-refractivity contribution is 8.18. The first-order valence-electron chi connectivity index (χ1n) is 9.93. The van der Waals surface area contributed by atoms with Crippen molar-refractivity contribution in [1.82, 2.24) is 5.32 Å². The van der Waals surface area contributed by atoms with Gasteiger partial charge >= 0.3 is 10.1 Å². The Bertz CT molecular complexity index is 1250. The van der Waals surface area contributed by atoms with Gasteiger partial charge in [0.1, 0.15) is 4.90 Å². The lowest BCUT2D eigenvalue weighted by molar-refractivity contribution is -0.117. The number of carbonyl (C=O) groups is 2. The number of ether oxygens (including phenoxy) is 1. The molecule has 0 unspecified atom stereocenters. The van der Waals surface area contributed by atoms with Crippen molar-refractivity contribution in [2.75, 3.05) is 6.61 Å². The minimum absolute atomic E-state index is 0.0128. The van der Waals surface area contributed by atoms with Crippen LogP contribution in [0.1, 0.15) is 25.0 Å². The Kier molecular flexibility index (Phi) is 7.72. The molecule has 33 heavy (non-hydrogen) atoms. The van der Waals surface area contributed by atoms with Crippen LogP contribution in [0.15, 0.2) is 69.9 Å². The van der Waals surface area contributed by atoms with E-state index in [4.69, 9.17) is 8.92 Å². The topological polar surface area (TPSA) is 111 Å². The van der Waals surface area contributed by atoms with Crippen molar-refractivity contribution in [3.8, 4) is 11.5 Å². The maximum absolute atomic E-state index is 12.8. The van der Waals surface area contributed by atoms with Gasteiger partial charge < -0.3 is 14.2 Å². The fraction of sp³-hybridized carbons (Fsp3) is 0.174. The summed E-state index contributed by atoms with van der Waals surface area (Å²) < 4.78 is 36.8. The van der Waals surface area contributed by atoms with Crippen molar-refractivity contribution in [1.29, 1.82) is 0 Å². The van der Waals surface area contributed by atoms with Crippen molar-refractivity contribution >= 4 is 44.9 Å². The van der Waals surface area contributed by atoms with E-state index in [1.165, 1.54) is 19.1 Å². The Morgan fingerprint density at radius 2 is 1.97 bits per heavy atom. The molecule has 2 aromatic carbocycles. The highest BCUT2D eigenvalue weighted by Crippen LogP contribution is 2.37. The van der Waals surface area contributed by atoms with E-state index in [2.05, 4.69) is 16.9 Å². The molecule has 0 radical (unpaired) electrons. The summed E-state index contributed by atoms with van der Waals surface area (Å²) in [4.78, 5) is 27.6. The minimum Gasteiger partial charge on any atom is -0.490 e. The number of hydrogen-bond donors (Lipinski definition) is 1. The molecule has 1 aliphatic rings. The fourth-order valence-electron chi connectivity index (χ4n) is 2.94. The van der Waals surface area contributed by atoms with Crippen molar-refractivity contribution in [2.24, 2.45) is 4.99 Å². The highest BCUT2D eigenvalue weighted by atomic mass is 32.2. The van der Waals surface area contributed by atoms with Crippen molar-refractivity contribution in [3.63, 3.8) is 0 Å². The molecule has 2 amide bonds. The number of allylic oxidation sites excluding steroid dienone is 1. The maximum atomic E-state index is 12.8. The third-order valence-electron chi connectivity index (χ3n) is 4.24. The largest absolute Gasteiger partial charge is 0.490 e. The summed E-state index contributed by atoms with van der Waals surface area (Å²) in [7, 11) is -4.10. The molecule has 0 spiro atoms. The number of nitrogens with one attached hydrogen (secondary N) is 1. The van der Waals surface area contributed by atoms with Gasteiger partial charge in [-0.1, -0.05) is 24.3 Å². The van der Waals surface area contributed by atoms with E-state index in [-0.39, 0.29) is 34.1 Å². The number of amidine groups is 1. The number of benzene rings is 2. The molecular weight excluding hydrogens is 464 g/mol. The molecule has 8 nitrogen and oxygen atoms in total. The number of nitrogens with zero attached hydrogens (tertiary/aromatic N) is 1. The summed E-state index contributed by atoms with van der Waals surface area (Å²) in [6.45, 7) is 7.08. The molecule has 1 heterocycles. The zero-order chi connectivity index (χ0) is 24.0. The Hall–Kier alpha value is -3.37. The molecule has 1 N–H and O–H groups in total. The third-order valence-corrected chi connectivity index (χ3v) is 6.38. The molecule has 0 aliphatic carbocycles. The second-order valence-electron chi connectivity index (χ2n) is 6.80. The quantitative estimate of drug-likeness (QED) is 0.344. The average Bonchev–Trinajstić information content (AvgIpc) is 3.09. The second kappa shape index (κ2) is 10.5. The lowest BCUT2D eigenvalue weighted by Gasteiger charge is -2.16. The van der Waals surface area contributed by atoms with E-state index in [0.29, 0.717) is 22.5 Å². The first-order chi connectivity index (χ1) is 15.7. The molecule has 0 atom stereocenters. The number of aliphatic imine (C=N–C) groups is 1. The van der Waals surface area contributed by atoms with Gasteiger partial charge in [-0.15, -0.1) is 6.58 Å². The van der Waals surface area contributed by atoms with Crippen molar-refractivity contribution in [3.05, 3.63) is 71.2 Å². The van der Waals surface area contributed by atoms with Crippen molar-refractivity contribution in [2.45, 2.75) is 25.2 Å². The number of thioether (sulfide) groups is 1. The summed E-state index contributed by atoms with van der Waals surface area (Å²) in [5, 5.41) is 2.69. The van der Waals surface area contributed by atoms with E-state index in [9.17, 15) is 18.0 Å². The van der Waals surface area contributed by atoms with E-state index < -0.39 is 16.0 Å². The zero-order valence-corrected chi connectivity index (χ0v) is 19.7. The van der Waals surface area contributed by atoms with Crippen LogP contribution in [-0.2, 0) is 26.1 Å². The fourth-order valence-corrected chi connectivity index (χ4v) is 4.80. The smallest absolute Gasteiger partial charge is 0.339 e. The van der Waals surface area contributed by atoms with Crippen LogP contribution in [0.2, 0.25) is 0 Å². The Balaban J connectivity index is 2.02. The number of carbonyl (C=O) groups excluding carboxylic acids is 2. The molecule has 0 bridgehead atoms. The summed E-state index contributed by atoms with van der Waals surface area (Å²) >= 11 is 1.03. The summed E-state index contributed by atoms with van der Waals surface area (Å²) in [5.74, 6) is -0.549. The van der Waals surface area contributed by atoms with Crippen LogP contribution in [0.4, 0.5) is 0 Å². The first kappa shape index (κ1) is 24.3. The van der Waals surface area contributed by atoms with Gasteiger partial charge in [-0.05, 0) is 61.0 Å². The predicted molar refractivity (Wildman–Crippen MR) is 128 cm³/mol. The van der Waals surface area contributed by atoms with Crippen LogP contribution in [0.3, 0.4) is 0 Å². The molecule has 172 valence electrons. The van der Waals surface area contributed by atoms with Gasteiger partial charge in [-0.2, -0.15) is 13.4 Å². The SMILES string of the molecule is C=CCc1cc(/C=C2/SC(NC(C)=O)=NC2=O)cc(OCC)c1OS(=O)(=O)c1ccccc1. The zero-order valence-electron chi connectivity index (χ0n) is 18.0. The number of rotatable bonds is 8. The molecular formula is C23H22N2O6S2. The number of amides is 2. The van der Waals surface area contributed by atoms with Gasteiger partial charge in [0, 0.05) is 12.5 Å². The Labute approximate surface area is 196 Å². The monoisotopic (exact) mass is 486 g/mol. The van der Waals surface area contributed by atoms with Crippen LogP contribution in [0.5, 0.6) is 11.5 Å². The summed E-state index contributed by atoms with van der Waals surface area (Å²) in [6, 6.07) is 11.1. The molecule has 2 aromatic rings. The van der Waals surface area contributed by atoms with Crippen molar-refractivity contribution < 1.29 is 26.9 Å². The van der Waals surface area contributed by atoms with Crippen LogP contribution >= 0.6 is 11.8 Å². The van der Waals surface area contributed by atoms with E-state index in [0.717, 1.165) is 11.8 Å². The van der Waals surface area contributed by atoms with Gasteiger partial charge in [0.05, 0.1) is 11.5 Å². The molecule has 0 saturated heterocycles. The molecule has 0 saturated carbocycles. The highest BCUT2D eigenvalue weighted by Gasteiger charge is 2.25. The normalized spacial score (nSPS) is 14.7. The Morgan fingerprint density at radius 3 is 2.61 bits per heavy atom. The van der Waals surface area contributed by atoms with Crippen LogP contribution < -0.4 is 14.2 Å². The molecule has 0 fully saturated rings. The van der Waals surface area contributed by atoms with Crippen LogP contribution in [0, 0.1) is 0 Å². The van der Waals surface area contributed by atoms with Gasteiger partial charge in [0.2, 0.25) is 5.91 Å². The summed E-state index contributed by atoms with van der Waals surface area (Å²) in [6.07, 6.45) is 3.50. The number of hydrogen-bond acceptors (Lipinski definition) is 7. The van der Waals surface area contributed by atoms with E-state index in [1.54, 1.807) is 49.4 Å². The van der Waals surface area contributed by atoms with Crippen LogP contribution in [0.25, 0.3) is 6.08 Å². The van der Waals surface area contributed by atoms with Gasteiger partial charge in [0.25, 0.3) is 5.91 Å². The minimum atomic E-state index is -4.10. The van der Waals surface area contributed by atoms with Gasteiger partial charge in [-0.25, -0.2) is 0 Å².